The Kier molecular flexibility index (Phi) is 3.91. The van der Waals surface area contributed by atoms with E-state index >= 15 is 0 Å². The number of hydrogen-bond donors (Lipinski definition) is 1. The molecule has 0 radical (unpaired) electrons. The molecule has 94 valence electrons. The molecule has 1 saturated heterocycles. The summed E-state index contributed by atoms with van der Waals surface area (Å²) in [6, 6.07) is 1.26. The van der Waals surface area contributed by atoms with Gasteiger partial charge in [-0.3, -0.25) is 4.90 Å². The Hall–Kier alpha value is -0.0800. The van der Waals surface area contributed by atoms with Gasteiger partial charge in [-0.25, -0.2) is 0 Å². The first-order valence-electron chi connectivity index (χ1n) is 7.09. The van der Waals surface area contributed by atoms with Gasteiger partial charge in [-0.2, -0.15) is 0 Å². The third-order valence-electron chi connectivity index (χ3n) is 4.91. The zero-order chi connectivity index (χ0) is 11.7. The van der Waals surface area contributed by atoms with E-state index in [4.69, 9.17) is 5.73 Å². The van der Waals surface area contributed by atoms with Crippen LogP contribution < -0.4 is 5.73 Å². The van der Waals surface area contributed by atoms with Crippen molar-refractivity contribution in [2.24, 2.45) is 23.5 Å². The van der Waals surface area contributed by atoms with Gasteiger partial charge in [0.15, 0.2) is 0 Å². The van der Waals surface area contributed by atoms with Crippen molar-refractivity contribution in [2.45, 2.75) is 58.5 Å². The zero-order valence-corrected chi connectivity index (χ0v) is 11.2. The van der Waals surface area contributed by atoms with Crippen molar-refractivity contribution in [1.82, 2.24) is 4.90 Å². The summed E-state index contributed by atoms with van der Waals surface area (Å²) >= 11 is 0. The molecule has 0 aromatic carbocycles. The van der Waals surface area contributed by atoms with E-state index in [9.17, 15) is 0 Å². The average Bonchev–Trinajstić information content (AvgIpc) is 2.23. The molecule has 1 heterocycles. The maximum Gasteiger partial charge on any atom is 0.0147 e. The lowest BCUT2D eigenvalue weighted by atomic mass is 9.76. The normalized spacial score (nSPS) is 46.9. The maximum absolute atomic E-state index is 6.11. The highest BCUT2D eigenvalue weighted by atomic mass is 15.2. The Morgan fingerprint density at radius 2 is 1.56 bits per heavy atom. The smallest absolute Gasteiger partial charge is 0.0147 e. The summed E-state index contributed by atoms with van der Waals surface area (Å²) in [5.74, 6) is 2.44. The van der Waals surface area contributed by atoms with Gasteiger partial charge in [0, 0.05) is 18.6 Å². The van der Waals surface area contributed by atoms with Crippen LogP contribution in [0.25, 0.3) is 0 Å². The van der Waals surface area contributed by atoms with Crippen molar-refractivity contribution in [3.05, 3.63) is 0 Å². The van der Waals surface area contributed by atoms with Crippen LogP contribution in [-0.4, -0.2) is 30.1 Å². The Bertz CT molecular complexity index is 219. The maximum atomic E-state index is 6.11. The van der Waals surface area contributed by atoms with Gasteiger partial charge in [0.1, 0.15) is 0 Å². The lowest BCUT2D eigenvalue weighted by molar-refractivity contribution is 0.0323. The van der Waals surface area contributed by atoms with Crippen molar-refractivity contribution in [3.63, 3.8) is 0 Å². The van der Waals surface area contributed by atoms with Gasteiger partial charge in [0.05, 0.1) is 0 Å². The van der Waals surface area contributed by atoms with Gasteiger partial charge < -0.3 is 5.73 Å². The van der Waals surface area contributed by atoms with Gasteiger partial charge in [0.2, 0.25) is 0 Å². The first-order chi connectivity index (χ1) is 7.59. The number of nitrogens with two attached hydrogens (primary N) is 1. The largest absolute Gasteiger partial charge is 0.327 e. The van der Waals surface area contributed by atoms with Crippen LogP contribution in [0.3, 0.4) is 0 Å². The fourth-order valence-corrected chi connectivity index (χ4v) is 3.85. The number of piperidine rings is 1. The summed E-state index contributed by atoms with van der Waals surface area (Å²) < 4.78 is 0. The number of rotatable bonds is 1. The molecule has 1 saturated carbocycles. The monoisotopic (exact) mass is 224 g/mol. The highest BCUT2D eigenvalue weighted by Gasteiger charge is 2.35. The van der Waals surface area contributed by atoms with E-state index in [0.29, 0.717) is 12.0 Å². The third kappa shape index (κ3) is 2.43. The van der Waals surface area contributed by atoms with E-state index in [-0.39, 0.29) is 0 Å². The second-order valence-electron chi connectivity index (χ2n) is 6.30. The molecule has 16 heavy (non-hydrogen) atoms. The van der Waals surface area contributed by atoms with E-state index in [0.717, 1.165) is 17.9 Å². The summed E-state index contributed by atoms with van der Waals surface area (Å²) in [4.78, 5) is 2.74. The first kappa shape index (κ1) is 12.4. The van der Waals surface area contributed by atoms with Crippen LogP contribution in [-0.2, 0) is 0 Å². The van der Waals surface area contributed by atoms with Crippen molar-refractivity contribution < 1.29 is 0 Å². The molecule has 4 unspecified atom stereocenters. The fourth-order valence-electron chi connectivity index (χ4n) is 3.85. The van der Waals surface area contributed by atoms with Crippen LogP contribution in [0.5, 0.6) is 0 Å². The van der Waals surface area contributed by atoms with Gasteiger partial charge >= 0.3 is 0 Å². The Balaban J connectivity index is 2.00. The van der Waals surface area contributed by atoms with Crippen LogP contribution in [0.1, 0.15) is 46.5 Å². The molecule has 0 aromatic heterocycles. The van der Waals surface area contributed by atoms with Gasteiger partial charge in [-0.05, 0) is 43.6 Å². The minimum Gasteiger partial charge on any atom is -0.327 e. The number of likely N-dealkylation sites (tertiary alicyclic amines) is 1. The van der Waals surface area contributed by atoms with Crippen LogP contribution in [0.4, 0.5) is 0 Å². The standard InChI is InChI=1S/C14H28N2/c1-10-5-4-6-11(2)14(10)16-8-7-13(15)12(3)9-16/h10-14H,4-9,15H2,1-3H3. The molecule has 1 aliphatic carbocycles. The molecule has 2 fully saturated rings. The van der Waals surface area contributed by atoms with Crippen molar-refractivity contribution in [1.29, 1.82) is 0 Å². The lowest BCUT2D eigenvalue weighted by Gasteiger charge is -2.47. The number of hydrogen-bond acceptors (Lipinski definition) is 2. The van der Waals surface area contributed by atoms with Crippen LogP contribution >= 0.6 is 0 Å². The van der Waals surface area contributed by atoms with E-state index < -0.39 is 0 Å². The quantitative estimate of drug-likeness (QED) is 0.741. The summed E-state index contributed by atoms with van der Waals surface area (Å²) in [6.45, 7) is 9.65. The highest BCUT2D eigenvalue weighted by Crippen LogP contribution is 2.34. The zero-order valence-electron chi connectivity index (χ0n) is 11.2. The SMILES string of the molecule is CC1CN(C2C(C)CCCC2C)CCC1N. The Morgan fingerprint density at radius 3 is 2.12 bits per heavy atom. The summed E-state index contributed by atoms with van der Waals surface area (Å²) in [7, 11) is 0. The molecule has 0 aromatic rings. The lowest BCUT2D eigenvalue weighted by Crippen LogP contribution is -2.54. The van der Waals surface area contributed by atoms with Crippen molar-refractivity contribution in [2.75, 3.05) is 13.1 Å². The second-order valence-corrected chi connectivity index (χ2v) is 6.30. The third-order valence-corrected chi connectivity index (χ3v) is 4.91. The van der Waals surface area contributed by atoms with E-state index in [1.54, 1.807) is 0 Å². The van der Waals surface area contributed by atoms with E-state index in [1.165, 1.54) is 38.8 Å². The second kappa shape index (κ2) is 5.05. The molecule has 2 N–H and O–H groups in total. The molecule has 0 spiro atoms. The average molecular weight is 224 g/mol. The fraction of sp³-hybridized carbons (Fsp3) is 1.00. The molecule has 0 bridgehead atoms. The molecule has 1 aliphatic heterocycles. The molecule has 2 heteroatoms. The predicted octanol–water partition coefficient (Wildman–Crippen LogP) is 2.48. The minimum atomic E-state index is 0.436. The molecule has 2 rings (SSSR count). The summed E-state index contributed by atoms with van der Waals surface area (Å²) in [5, 5.41) is 0. The minimum absolute atomic E-state index is 0.436. The molecule has 0 amide bonds. The van der Waals surface area contributed by atoms with E-state index in [1.807, 2.05) is 0 Å². The van der Waals surface area contributed by atoms with Crippen LogP contribution in [0.2, 0.25) is 0 Å². The van der Waals surface area contributed by atoms with Crippen LogP contribution in [0.15, 0.2) is 0 Å². The van der Waals surface area contributed by atoms with Crippen LogP contribution in [0, 0.1) is 17.8 Å². The van der Waals surface area contributed by atoms with Gasteiger partial charge in [-0.15, -0.1) is 0 Å². The molecular weight excluding hydrogens is 196 g/mol. The molecular formula is C14H28N2. The summed E-state index contributed by atoms with van der Waals surface area (Å²) in [5.41, 5.74) is 6.11. The molecule has 4 atom stereocenters. The number of nitrogens with zero attached hydrogens (tertiary/aromatic N) is 1. The first-order valence-corrected chi connectivity index (χ1v) is 7.09. The highest BCUT2D eigenvalue weighted by molar-refractivity contribution is 4.90. The van der Waals surface area contributed by atoms with Crippen molar-refractivity contribution >= 4 is 0 Å². The topological polar surface area (TPSA) is 29.3 Å². The molecule has 2 nitrogen and oxygen atoms in total. The van der Waals surface area contributed by atoms with Gasteiger partial charge in [-0.1, -0.05) is 27.2 Å². The van der Waals surface area contributed by atoms with Crippen molar-refractivity contribution in [3.8, 4) is 0 Å². The molecule has 2 aliphatic rings. The predicted molar refractivity (Wildman–Crippen MR) is 69.3 cm³/mol. The van der Waals surface area contributed by atoms with E-state index in [2.05, 4.69) is 25.7 Å². The Labute approximate surface area is 101 Å². The summed E-state index contributed by atoms with van der Waals surface area (Å²) in [6.07, 6.45) is 5.47. The Morgan fingerprint density at radius 1 is 0.938 bits per heavy atom. The van der Waals surface area contributed by atoms with Gasteiger partial charge in [0.25, 0.3) is 0 Å².